The van der Waals surface area contributed by atoms with Crippen molar-refractivity contribution < 1.29 is 9.15 Å². The van der Waals surface area contributed by atoms with Gasteiger partial charge in [0.05, 0.1) is 18.8 Å². The molecule has 0 amide bonds. The first-order chi connectivity index (χ1) is 16.1. The molecular formula is C26H22ClN3O2S. The summed E-state index contributed by atoms with van der Waals surface area (Å²) in [7, 11) is 1.66. The standard InChI is InChI=1S/C26H22ClN3O2S/c1-31-20-11-5-17(6-12-20)16-30-25(24(29-26(30)33)21-4-2-3-15-28-21)23-14-13-22(32-23)18-7-9-19(27)10-8-18/h2-15,24-25H,16H2,1H3,(H,29,33)/t24-,25+/m1/s1. The summed E-state index contributed by atoms with van der Waals surface area (Å²) in [5.74, 6) is 2.42. The van der Waals surface area contributed by atoms with Crippen molar-refractivity contribution in [3.8, 4) is 17.1 Å². The lowest BCUT2D eigenvalue weighted by molar-refractivity contribution is 0.269. The Morgan fingerprint density at radius 1 is 1.03 bits per heavy atom. The maximum absolute atomic E-state index is 6.37. The first kappa shape index (κ1) is 21.5. The van der Waals surface area contributed by atoms with Crippen LogP contribution in [0.15, 0.2) is 89.5 Å². The number of rotatable bonds is 6. The van der Waals surface area contributed by atoms with Crippen LogP contribution in [0, 0.1) is 0 Å². The predicted octanol–water partition coefficient (Wildman–Crippen LogP) is 6.18. The van der Waals surface area contributed by atoms with E-state index in [2.05, 4.69) is 15.2 Å². The fraction of sp³-hybridized carbons (Fsp3) is 0.154. The number of benzene rings is 2. The van der Waals surface area contributed by atoms with Gasteiger partial charge in [0.2, 0.25) is 0 Å². The van der Waals surface area contributed by atoms with Gasteiger partial charge in [-0.15, -0.1) is 0 Å². The Hall–Kier alpha value is -3.35. The van der Waals surface area contributed by atoms with Crippen LogP contribution in [0.4, 0.5) is 0 Å². The van der Waals surface area contributed by atoms with Gasteiger partial charge in [0.15, 0.2) is 5.11 Å². The van der Waals surface area contributed by atoms with Crippen LogP contribution in [0.25, 0.3) is 11.3 Å². The van der Waals surface area contributed by atoms with Crippen molar-refractivity contribution in [1.29, 1.82) is 0 Å². The molecule has 166 valence electrons. The van der Waals surface area contributed by atoms with Gasteiger partial charge < -0.3 is 19.4 Å². The summed E-state index contributed by atoms with van der Waals surface area (Å²) in [5, 5.41) is 4.82. The fourth-order valence-corrected chi connectivity index (χ4v) is 4.52. The van der Waals surface area contributed by atoms with Crippen molar-refractivity contribution in [2.45, 2.75) is 18.6 Å². The predicted molar refractivity (Wildman–Crippen MR) is 133 cm³/mol. The van der Waals surface area contributed by atoms with Crippen molar-refractivity contribution in [2.75, 3.05) is 7.11 Å². The van der Waals surface area contributed by atoms with E-state index in [9.17, 15) is 0 Å². The molecule has 2 atom stereocenters. The molecule has 3 heterocycles. The van der Waals surface area contributed by atoms with E-state index in [1.165, 1.54) is 0 Å². The second kappa shape index (κ2) is 9.25. The smallest absolute Gasteiger partial charge is 0.170 e. The van der Waals surface area contributed by atoms with Crippen molar-refractivity contribution >= 4 is 28.9 Å². The van der Waals surface area contributed by atoms with Gasteiger partial charge in [0, 0.05) is 23.3 Å². The topological polar surface area (TPSA) is 50.5 Å². The molecule has 1 fully saturated rings. The normalized spacial score (nSPS) is 17.8. The van der Waals surface area contributed by atoms with Gasteiger partial charge in [-0.1, -0.05) is 29.8 Å². The van der Waals surface area contributed by atoms with E-state index >= 15 is 0 Å². The Morgan fingerprint density at radius 3 is 2.52 bits per heavy atom. The lowest BCUT2D eigenvalue weighted by atomic mass is 10.0. The molecule has 7 heteroatoms. The molecule has 0 radical (unpaired) electrons. The number of ether oxygens (including phenoxy) is 1. The third kappa shape index (κ3) is 4.45. The van der Waals surface area contributed by atoms with E-state index in [0.29, 0.717) is 16.7 Å². The molecule has 0 saturated carbocycles. The summed E-state index contributed by atoms with van der Waals surface area (Å²) in [6, 6.07) is 25.2. The molecule has 2 aromatic heterocycles. The molecule has 0 bridgehead atoms. The highest BCUT2D eigenvalue weighted by Crippen LogP contribution is 2.41. The highest BCUT2D eigenvalue weighted by Gasteiger charge is 2.41. The second-order valence-electron chi connectivity index (χ2n) is 7.81. The lowest BCUT2D eigenvalue weighted by Crippen LogP contribution is -2.29. The highest BCUT2D eigenvalue weighted by atomic mass is 35.5. The largest absolute Gasteiger partial charge is 0.497 e. The number of furan rings is 1. The summed E-state index contributed by atoms with van der Waals surface area (Å²) in [4.78, 5) is 6.74. The third-order valence-electron chi connectivity index (χ3n) is 5.76. The van der Waals surface area contributed by atoms with Crippen LogP contribution >= 0.6 is 23.8 Å². The summed E-state index contributed by atoms with van der Waals surface area (Å²) in [6.45, 7) is 0.626. The molecule has 0 spiro atoms. The number of halogens is 1. The van der Waals surface area contributed by atoms with Crippen LogP contribution in [0.1, 0.15) is 29.1 Å². The van der Waals surface area contributed by atoms with Crippen LogP contribution in [0.2, 0.25) is 5.02 Å². The van der Waals surface area contributed by atoms with Gasteiger partial charge >= 0.3 is 0 Å². The van der Waals surface area contributed by atoms with Gasteiger partial charge in [-0.05, 0) is 78.4 Å². The molecule has 0 unspecified atom stereocenters. The molecule has 33 heavy (non-hydrogen) atoms. The van der Waals surface area contributed by atoms with Crippen molar-refractivity contribution in [1.82, 2.24) is 15.2 Å². The van der Waals surface area contributed by atoms with Gasteiger partial charge in [-0.25, -0.2) is 0 Å². The fourth-order valence-electron chi connectivity index (χ4n) is 4.09. The number of hydrogen-bond acceptors (Lipinski definition) is 4. The second-order valence-corrected chi connectivity index (χ2v) is 8.63. The third-order valence-corrected chi connectivity index (χ3v) is 6.36. The van der Waals surface area contributed by atoms with E-state index in [-0.39, 0.29) is 12.1 Å². The SMILES string of the molecule is COc1ccc(CN2C(=S)N[C@H](c3ccccn3)[C@@H]2c2ccc(-c3ccc(Cl)cc3)o2)cc1. The van der Waals surface area contributed by atoms with Crippen molar-refractivity contribution in [3.63, 3.8) is 0 Å². The van der Waals surface area contributed by atoms with Gasteiger partial charge in [0.25, 0.3) is 0 Å². The molecule has 5 rings (SSSR count). The van der Waals surface area contributed by atoms with Crippen LogP contribution in [-0.2, 0) is 6.54 Å². The summed E-state index contributed by atoms with van der Waals surface area (Å²) in [5.41, 5.74) is 3.00. The van der Waals surface area contributed by atoms with Crippen LogP contribution < -0.4 is 10.1 Å². The van der Waals surface area contributed by atoms with Crippen molar-refractivity contribution in [2.24, 2.45) is 0 Å². The van der Waals surface area contributed by atoms with Gasteiger partial charge in [-0.3, -0.25) is 4.98 Å². The number of methoxy groups -OCH3 is 1. The molecular weight excluding hydrogens is 454 g/mol. The first-order valence-corrected chi connectivity index (χ1v) is 11.4. The Morgan fingerprint density at radius 2 is 1.82 bits per heavy atom. The lowest BCUT2D eigenvalue weighted by Gasteiger charge is -2.26. The molecule has 2 aromatic carbocycles. The number of thiocarbonyl (C=S) groups is 1. The average Bonchev–Trinajstić information content (AvgIpc) is 3.45. The maximum Gasteiger partial charge on any atom is 0.170 e. The first-order valence-electron chi connectivity index (χ1n) is 10.6. The summed E-state index contributed by atoms with van der Waals surface area (Å²) in [6.07, 6.45) is 1.80. The summed E-state index contributed by atoms with van der Waals surface area (Å²) < 4.78 is 11.7. The zero-order chi connectivity index (χ0) is 22.8. The number of hydrogen-bond donors (Lipinski definition) is 1. The molecule has 1 saturated heterocycles. The number of nitrogens with one attached hydrogen (secondary N) is 1. The number of pyridine rings is 1. The van der Waals surface area contributed by atoms with Crippen molar-refractivity contribution in [3.05, 3.63) is 107 Å². The van der Waals surface area contributed by atoms with E-state index in [1.54, 1.807) is 13.3 Å². The minimum absolute atomic E-state index is 0.138. The van der Waals surface area contributed by atoms with Gasteiger partial charge in [-0.2, -0.15) is 0 Å². The molecule has 1 aliphatic rings. The molecule has 5 nitrogen and oxygen atoms in total. The molecule has 0 aliphatic carbocycles. The quantitative estimate of drug-likeness (QED) is 0.336. The highest BCUT2D eigenvalue weighted by molar-refractivity contribution is 7.80. The van der Waals surface area contributed by atoms with Crippen LogP contribution in [0.5, 0.6) is 5.75 Å². The Kier molecular flexibility index (Phi) is 6.03. The van der Waals surface area contributed by atoms with E-state index in [0.717, 1.165) is 34.1 Å². The molecule has 1 aliphatic heterocycles. The zero-order valence-corrected chi connectivity index (χ0v) is 19.5. The van der Waals surface area contributed by atoms with Crippen LogP contribution in [0.3, 0.4) is 0 Å². The number of aromatic nitrogens is 1. The molecule has 1 N–H and O–H groups in total. The van der Waals surface area contributed by atoms with E-state index < -0.39 is 0 Å². The monoisotopic (exact) mass is 475 g/mol. The Labute approximate surface area is 203 Å². The minimum Gasteiger partial charge on any atom is -0.497 e. The number of nitrogens with zero attached hydrogens (tertiary/aromatic N) is 2. The minimum atomic E-state index is -0.157. The zero-order valence-electron chi connectivity index (χ0n) is 17.9. The molecule has 4 aromatic rings. The average molecular weight is 476 g/mol. The van der Waals surface area contributed by atoms with Gasteiger partial charge in [0.1, 0.15) is 23.3 Å². The van der Waals surface area contributed by atoms with Crippen LogP contribution in [-0.4, -0.2) is 22.1 Å². The van der Waals surface area contributed by atoms with E-state index in [4.69, 9.17) is 33.0 Å². The van der Waals surface area contributed by atoms with E-state index in [1.807, 2.05) is 78.9 Å². The summed E-state index contributed by atoms with van der Waals surface area (Å²) >= 11 is 11.8. The maximum atomic E-state index is 6.37. The Bertz CT molecular complexity index is 1240. The Balaban J connectivity index is 1.51.